The maximum atomic E-state index is 11.8. The summed E-state index contributed by atoms with van der Waals surface area (Å²) in [5.41, 5.74) is 0.0546. The summed E-state index contributed by atoms with van der Waals surface area (Å²) in [4.78, 5) is 22.7. The van der Waals surface area contributed by atoms with Gasteiger partial charge in [0.1, 0.15) is 11.8 Å². The smallest absolute Gasteiger partial charge is 0.326 e. The van der Waals surface area contributed by atoms with Gasteiger partial charge in [-0.1, -0.05) is 24.9 Å². The maximum absolute atomic E-state index is 11.8. The molecule has 0 bridgehead atoms. The summed E-state index contributed by atoms with van der Waals surface area (Å²) in [5, 5.41) is 20.7. The molecule has 0 spiro atoms. The number of halogens is 1. The van der Waals surface area contributed by atoms with Crippen molar-refractivity contribution in [1.29, 1.82) is 0 Å². The zero-order valence-electron chi connectivity index (χ0n) is 9.81. The van der Waals surface area contributed by atoms with Crippen molar-refractivity contribution < 1.29 is 19.8 Å². The minimum absolute atomic E-state index is 0.0546. The number of phenolic OH excluding ortho intramolecular Hbond substituents is 1. The molecule has 5 nitrogen and oxygen atoms in total. The van der Waals surface area contributed by atoms with E-state index in [4.69, 9.17) is 16.7 Å². The molecule has 1 atom stereocenters. The van der Waals surface area contributed by atoms with Crippen LogP contribution in [-0.2, 0) is 4.79 Å². The van der Waals surface area contributed by atoms with Crippen LogP contribution in [0.3, 0.4) is 0 Å². The molecule has 6 heteroatoms. The Bertz CT molecular complexity index is 461. The van der Waals surface area contributed by atoms with E-state index < -0.39 is 17.9 Å². The molecular weight excluding hydrogens is 258 g/mol. The molecule has 0 aliphatic heterocycles. The lowest BCUT2D eigenvalue weighted by Gasteiger charge is -2.14. The van der Waals surface area contributed by atoms with Crippen molar-refractivity contribution in [3.05, 3.63) is 28.8 Å². The first kappa shape index (κ1) is 14.3. The molecule has 0 aliphatic rings. The molecule has 0 heterocycles. The predicted octanol–water partition coefficient (Wildman–Crippen LogP) is 2.03. The molecule has 0 radical (unpaired) electrons. The predicted molar refractivity (Wildman–Crippen MR) is 66.9 cm³/mol. The van der Waals surface area contributed by atoms with Crippen LogP contribution in [0, 0.1) is 0 Å². The Labute approximate surface area is 109 Å². The Kier molecular flexibility index (Phi) is 4.97. The van der Waals surface area contributed by atoms with Crippen LogP contribution >= 0.6 is 11.6 Å². The van der Waals surface area contributed by atoms with Crippen molar-refractivity contribution in [2.45, 2.75) is 25.8 Å². The first-order valence-corrected chi connectivity index (χ1v) is 5.85. The number of amides is 1. The van der Waals surface area contributed by atoms with Gasteiger partial charge in [0.2, 0.25) is 0 Å². The van der Waals surface area contributed by atoms with Crippen LogP contribution in [0.15, 0.2) is 18.2 Å². The Morgan fingerprint density at radius 1 is 1.44 bits per heavy atom. The lowest BCUT2D eigenvalue weighted by molar-refractivity contribution is -0.139. The van der Waals surface area contributed by atoms with Gasteiger partial charge in [-0.25, -0.2) is 4.79 Å². The molecule has 0 aliphatic carbocycles. The van der Waals surface area contributed by atoms with Crippen LogP contribution < -0.4 is 5.32 Å². The van der Waals surface area contributed by atoms with Gasteiger partial charge in [0.25, 0.3) is 5.91 Å². The van der Waals surface area contributed by atoms with Gasteiger partial charge in [-0.05, 0) is 24.6 Å². The van der Waals surface area contributed by atoms with Crippen molar-refractivity contribution >= 4 is 23.5 Å². The average Bonchev–Trinajstić information content (AvgIpc) is 2.31. The summed E-state index contributed by atoms with van der Waals surface area (Å²) in [6, 6.07) is 2.96. The number of benzene rings is 1. The van der Waals surface area contributed by atoms with Crippen LogP contribution in [-0.4, -0.2) is 28.1 Å². The number of carboxylic acid groups (broad SMARTS) is 1. The van der Waals surface area contributed by atoms with E-state index in [-0.39, 0.29) is 16.3 Å². The second-order valence-corrected chi connectivity index (χ2v) is 4.22. The standard InChI is InChI=1S/C12H14ClNO4/c1-2-3-10(12(17)18)14-11(16)8-6-7(15)4-5-9(8)13/h4-6,10,15H,2-3H2,1H3,(H,14,16)(H,17,18). The highest BCUT2D eigenvalue weighted by Crippen LogP contribution is 2.21. The third-order valence-corrected chi connectivity index (χ3v) is 2.70. The van der Waals surface area contributed by atoms with E-state index >= 15 is 0 Å². The number of rotatable bonds is 5. The van der Waals surface area contributed by atoms with Gasteiger partial charge in [-0.15, -0.1) is 0 Å². The first-order valence-electron chi connectivity index (χ1n) is 5.48. The number of carbonyl (C=O) groups excluding carboxylic acids is 1. The van der Waals surface area contributed by atoms with Crippen LogP contribution in [0.5, 0.6) is 5.75 Å². The molecule has 1 unspecified atom stereocenters. The molecular formula is C12H14ClNO4. The van der Waals surface area contributed by atoms with Crippen LogP contribution in [0.1, 0.15) is 30.1 Å². The molecule has 0 fully saturated rings. The van der Waals surface area contributed by atoms with Crippen LogP contribution in [0.4, 0.5) is 0 Å². The number of hydrogen-bond donors (Lipinski definition) is 3. The highest BCUT2D eigenvalue weighted by atomic mass is 35.5. The molecule has 98 valence electrons. The highest BCUT2D eigenvalue weighted by Gasteiger charge is 2.21. The summed E-state index contributed by atoms with van der Waals surface area (Å²) in [6.07, 6.45) is 0.961. The molecule has 0 saturated heterocycles. The Hall–Kier alpha value is -1.75. The van der Waals surface area contributed by atoms with Crippen LogP contribution in [0.2, 0.25) is 5.02 Å². The van der Waals surface area contributed by atoms with E-state index in [1.54, 1.807) is 0 Å². The molecule has 1 rings (SSSR count). The zero-order valence-corrected chi connectivity index (χ0v) is 10.6. The topological polar surface area (TPSA) is 86.6 Å². The maximum Gasteiger partial charge on any atom is 0.326 e. The van der Waals surface area contributed by atoms with Crippen molar-refractivity contribution in [3.8, 4) is 5.75 Å². The fourth-order valence-corrected chi connectivity index (χ4v) is 1.67. The van der Waals surface area contributed by atoms with Crippen molar-refractivity contribution in [1.82, 2.24) is 5.32 Å². The first-order chi connectivity index (χ1) is 8.45. The van der Waals surface area contributed by atoms with Gasteiger partial charge in [-0.3, -0.25) is 4.79 Å². The summed E-state index contributed by atoms with van der Waals surface area (Å²) in [7, 11) is 0. The lowest BCUT2D eigenvalue weighted by atomic mass is 10.1. The number of nitrogens with one attached hydrogen (secondary N) is 1. The van der Waals surface area contributed by atoms with Gasteiger partial charge in [0.05, 0.1) is 10.6 Å². The summed E-state index contributed by atoms with van der Waals surface area (Å²) < 4.78 is 0. The summed E-state index contributed by atoms with van der Waals surface area (Å²) >= 11 is 5.81. The van der Waals surface area contributed by atoms with E-state index in [0.717, 1.165) is 0 Å². The molecule has 18 heavy (non-hydrogen) atoms. The Morgan fingerprint density at radius 3 is 2.67 bits per heavy atom. The third kappa shape index (κ3) is 3.63. The Morgan fingerprint density at radius 2 is 2.11 bits per heavy atom. The summed E-state index contributed by atoms with van der Waals surface area (Å²) in [6.45, 7) is 1.82. The number of phenols is 1. The van der Waals surface area contributed by atoms with E-state index in [9.17, 15) is 14.7 Å². The monoisotopic (exact) mass is 271 g/mol. The number of carboxylic acids is 1. The number of aliphatic carboxylic acids is 1. The minimum atomic E-state index is -1.10. The highest BCUT2D eigenvalue weighted by molar-refractivity contribution is 6.33. The fourth-order valence-electron chi connectivity index (χ4n) is 1.47. The molecule has 1 aromatic carbocycles. The zero-order chi connectivity index (χ0) is 13.7. The second kappa shape index (κ2) is 6.26. The third-order valence-electron chi connectivity index (χ3n) is 2.38. The van der Waals surface area contributed by atoms with Crippen LogP contribution in [0.25, 0.3) is 0 Å². The average molecular weight is 272 g/mol. The van der Waals surface area contributed by atoms with Crippen molar-refractivity contribution in [2.24, 2.45) is 0 Å². The number of carbonyl (C=O) groups is 2. The van der Waals surface area contributed by atoms with E-state index in [1.165, 1.54) is 18.2 Å². The SMILES string of the molecule is CCCC(NC(=O)c1cc(O)ccc1Cl)C(=O)O. The van der Waals surface area contributed by atoms with Gasteiger partial charge in [0, 0.05) is 0 Å². The second-order valence-electron chi connectivity index (χ2n) is 3.82. The van der Waals surface area contributed by atoms with E-state index in [2.05, 4.69) is 5.32 Å². The fraction of sp³-hybridized carbons (Fsp3) is 0.333. The molecule has 1 amide bonds. The molecule has 0 aromatic heterocycles. The Balaban J connectivity index is 2.86. The van der Waals surface area contributed by atoms with Gasteiger partial charge in [-0.2, -0.15) is 0 Å². The van der Waals surface area contributed by atoms with E-state index in [0.29, 0.717) is 12.8 Å². The number of hydrogen-bond acceptors (Lipinski definition) is 3. The normalized spacial score (nSPS) is 11.9. The summed E-state index contributed by atoms with van der Waals surface area (Å²) in [5.74, 6) is -1.81. The van der Waals surface area contributed by atoms with Gasteiger partial charge < -0.3 is 15.5 Å². The van der Waals surface area contributed by atoms with Crippen molar-refractivity contribution in [3.63, 3.8) is 0 Å². The lowest BCUT2D eigenvalue weighted by Crippen LogP contribution is -2.40. The molecule has 0 saturated carbocycles. The molecule has 1 aromatic rings. The van der Waals surface area contributed by atoms with E-state index in [1.807, 2.05) is 6.92 Å². The van der Waals surface area contributed by atoms with Gasteiger partial charge in [0.15, 0.2) is 0 Å². The largest absolute Gasteiger partial charge is 0.508 e. The van der Waals surface area contributed by atoms with Crippen molar-refractivity contribution in [2.75, 3.05) is 0 Å². The number of aromatic hydroxyl groups is 1. The quantitative estimate of drug-likeness (QED) is 0.765. The van der Waals surface area contributed by atoms with Gasteiger partial charge >= 0.3 is 5.97 Å². The minimum Gasteiger partial charge on any atom is -0.508 e. The molecule has 3 N–H and O–H groups in total.